The van der Waals surface area contributed by atoms with Crippen molar-refractivity contribution in [3.8, 4) is 5.75 Å². The molecule has 1 aromatic carbocycles. The number of allylic oxidation sites excluding steroid dienone is 1. The highest BCUT2D eigenvalue weighted by molar-refractivity contribution is 5.91. The smallest absolute Gasteiger partial charge is 0.286 e. The number of carbonyl (C=O) groups is 1. The van der Waals surface area contributed by atoms with E-state index in [1.165, 1.54) is 12.8 Å². The van der Waals surface area contributed by atoms with Crippen LogP contribution in [0.25, 0.3) is 0 Å². The number of aliphatic hydroxyl groups excluding tert-OH is 1. The van der Waals surface area contributed by atoms with Gasteiger partial charge < -0.3 is 24.6 Å². The van der Waals surface area contributed by atoms with Crippen LogP contribution in [0, 0.1) is 11.8 Å². The minimum Gasteiger partial charge on any atom is -0.497 e. The van der Waals surface area contributed by atoms with Crippen LogP contribution in [0.1, 0.15) is 44.1 Å². The summed E-state index contributed by atoms with van der Waals surface area (Å²) in [5, 5.41) is 12.3. The summed E-state index contributed by atoms with van der Waals surface area (Å²) in [6, 6.07) is 7.87. The Hall–Kier alpha value is -2.05. The zero-order valence-corrected chi connectivity index (χ0v) is 16.7. The third-order valence-electron chi connectivity index (χ3n) is 5.38. The highest BCUT2D eigenvalue weighted by atomic mass is 16.7. The molecule has 0 bridgehead atoms. The molecule has 1 fully saturated rings. The van der Waals surface area contributed by atoms with E-state index < -0.39 is 6.29 Å². The summed E-state index contributed by atoms with van der Waals surface area (Å²) in [5.41, 5.74) is 1.07. The maximum absolute atomic E-state index is 12.7. The van der Waals surface area contributed by atoms with Gasteiger partial charge in [-0.1, -0.05) is 12.1 Å². The van der Waals surface area contributed by atoms with Gasteiger partial charge in [0.25, 0.3) is 5.91 Å². The molecule has 1 amide bonds. The number of methoxy groups -OCH3 is 1. The van der Waals surface area contributed by atoms with Crippen LogP contribution in [0.4, 0.5) is 0 Å². The summed E-state index contributed by atoms with van der Waals surface area (Å²) in [6.07, 6.45) is 5.14. The number of nitrogens with one attached hydrogen (secondary N) is 1. The molecule has 28 heavy (non-hydrogen) atoms. The second-order valence-corrected chi connectivity index (χ2v) is 7.45. The first-order chi connectivity index (χ1) is 13.7. The lowest BCUT2D eigenvalue weighted by Gasteiger charge is -2.37. The molecular formula is C22H31NO5. The molecule has 1 saturated carbocycles. The molecule has 3 atom stereocenters. The van der Waals surface area contributed by atoms with Gasteiger partial charge in [-0.3, -0.25) is 4.79 Å². The van der Waals surface area contributed by atoms with Crippen LogP contribution in [0.3, 0.4) is 0 Å². The van der Waals surface area contributed by atoms with Crippen LogP contribution in [0.2, 0.25) is 0 Å². The maximum atomic E-state index is 12.7. The summed E-state index contributed by atoms with van der Waals surface area (Å²) >= 11 is 0. The normalized spacial score (nSPS) is 24.2. The predicted octanol–water partition coefficient (Wildman–Crippen LogP) is 2.97. The van der Waals surface area contributed by atoms with Gasteiger partial charge in [0, 0.05) is 31.6 Å². The second kappa shape index (κ2) is 9.94. The Labute approximate surface area is 166 Å². The Morgan fingerprint density at radius 1 is 1.29 bits per heavy atom. The Kier molecular flexibility index (Phi) is 7.34. The van der Waals surface area contributed by atoms with E-state index in [-0.39, 0.29) is 24.3 Å². The number of aliphatic hydroxyl groups is 1. The summed E-state index contributed by atoms with van der Waals surface area (Å²) < 4.78 is 17.1. The molecule has 0 spiro atoms. The van der Waals surface area contributed by atoms with Crippen molar-refractivity contribution in [2.24, 2.45) is 11.8 Å². The fourth-order valence-corrected chi connectivity index (χ4v) is 3.62. The monoisotopic (exact) mass is 389 g/mol. The number of hydrogen-bond acceptors (Lipinski definition) is 5. The highest BCUT2D eigenvalue weighted by Crippen LogP contribution is 2.40. The van der Waals surface area contributed by atoms with E-state index in [1.54, 1.807) is 7.11 Å². The first kappa shape index (κ1) is 20.7. The van der Waals surface area contributed by atoms with Crippen molar-refractivity contribution in [2.75, 3.05) is 26.9 Å². The van der Waals surface area contributed by atoms with Crippen molar-refractivity contribution in [2.45, 2.75) is 44.8 Å². The summed E-state index contributed by atoms with van der Waals surface area (Å²) in [5.74, 6) is 1.50. The second-order valence-electron chi connectivity index (χ2n) is 7.45. The van der Waals surface area contributed by atoms with Gasteiger partial charge in [-0.15, -0.1) is 0 Å². The van der Waals surface area contributed by atoms with Gasteiger partial charge in [-0.25, -0.2) is 0 Å². The van der Waals surface area contributed by atoms with Crippen LogP contribution < -0.4 is 10.1 Å². The molecule has 0 unspecified atom stereocenters. The fourth-order valence-electron chi connectivity index (χ4n) is 3.62. The highest BCUT2D eigenvalue weighted by Gasteiger charge is 2.38. The van der Waals surface area contributed by atoms with E-state index in [4.69, 9.17) is 14.2 Å². The van der Waals surface area contributed by atoms with Gasteiger partial charge in [-0.2, -0.15) is 0 Å². The third-order valence-corrected chi connectivity index (χ3v) is 5.38. The largest absolute Gasteiger partial charge is 0.497 e. The van der Waals surface area contributed by atoms with E-state index in [9.17, 15) is 9.90 Å². The minimum absolute atomic E-state index is 0.0143. The molecule has 2 aliphatic rings. The topological polar surface area (TPSA) is 77.0 Å². The van der Waals surface area contributed by atoms with Crippen LogP contribution in [0.5, 0.6) is 5.75 Å². The summed E-state index contributed by atoms with van der Waals surface area (Å²) in [6.45, 7) is 3.22. The van der Waals surface area contributed by atoms with E-state index in [1.807, 2.05) is 37.3 Å². The molecule has 0 aromatic heterocycles. The number of carbonyl (C=O) groups excluding carboxylic acids is 1. The summed E-state index contributed by atoms with van der Waals surface area (Å²) in [4.78, 5) is 12.7. The molecule has 1 aliphatic heterocycles. The van der Waals surface area contributed by atoms with Gasteiger partial charge >= 0.3 is 0 Å². The number of rotatable bonds is 10. The number of benzene rings is 1. The molecule has 154 valence electrons. The van der Waals surface area contributed by atoms with E-state index in [2.05, 4.69) is 5.32 Å². The Bertz CT molecular complexity index is 668. The van der Waals surface area contributed by atoms with Gasteiger partial charge in [-0.05, 0) is 62.3 Å². The lowest BCUT2D eigenvalue weighted by molar-refractivity contribution is -0.166. The molecule has 2 N–H and O–H groups in total. The van der Waals surface area contributed by atoms with Crippen LogP contribution in [-0.4, -0.2) is 44.2 Å². The standard InChI is InChI=1S/C22H31NO5/c1-3-27-22-18(5-4-12-24)19(16-8-10-17(26-2)11-9-16)13-20(28-22)21(25)23-14-15-6-7-15/h8-11,13,15,18-19,22,24H,3-7,12,14H2,1-2H3,(H,23,25)/t18-,19-,22-/m1/s1. The predicted molar refractivity (Wildman–Crippen MR) is 106 cm³/mol. The SMILES string of the molecule is CCO[C@@H]1OC(C(=O)NCC2CC2)=C[C@H](c2ccc(OC)cc2)[C@H]1CCCO. The van der Waals surface area contributed by atoms with E-state index >= 15 is 0 Å². The molecule has 1 heterocycles. The van der Waals surface area contributed by atoms with Crippen LogP contribution >= 0.6 is 0 Å². The lowest BCUT2D eigenvalue weighted by Crippen LogP contribution is -2.39. The fraction of sp³-hybridized carbons (Fsp3) is 0.591. The molecule has 0 saturated heterocycles. The summed E-state index contributed by atoms with van der Waals surface area (Å²) in [7, 11) is 1.64. The molecule has 6 heteroatoms. The lowest BCUT2D eigenvalue weighted by atomic mass is 9.80. The molecule has 1 aromatic rings. The molecule has 0 radical (unpaired) electrons. The number of amides is 1. The molecule has 1 aliphatic carbocycles. The molecular weight excluding hydrogens is 358 g/mol. The van der Waals surface area contributed by atoms with Crippen LogP contribution in [0.15, 0.2) is 36.1 Å². The third kappa shape index (κ3) is 5.26. The van der Waals surface area contributed by atoms with E-state index in [0.717, 1.165) is 17.7 Å². The van der Waals surface area contributed by atoms with Crippen molar-refractivity contribution in [3.05, 3.63) is 41.7 Å². The Morgan fingerprint density at radius 2 is 2.04 bits per heavy atom. The Balaban J connectivity index is 1.86. The number of ether oxygens (including phenoxy) is 3. The molecule has 3 rings (SSSR count). The van der Waals surface area contributed by atoms with Crippen LogP contribution in [-0.2, 0) is 14.3 Å². The van der Waals surface area contributed by atoms with E-state index in [0.29, 0.717) is 31.2 Å². The first-order valence-electron chi connectivity index (χ1n) is 10.2. The van der Waals surface area contributed by atoms with Gasteiger partial charge in [0.05, 0.1) is 7.11 Å². The number of hydrogen-bond donors (Lipinski definition) is 2. The molecule has 6 nitrogen and oxygen atoms in total. The van der Waals surface area contributed by atoms with Crippen molar-refractivity contribution >= 4 is 5.91 Å². The van der Waals surface area contributed by atoms with Gasteiger partial charge in [0.15, 0.2) is 5.76 Å². The maximum Gasteiger partial charge on any atom is 0.286 e. The van der Waals surface area contributed by atoms with Crippen molar-refractivity contribution in [1.29, 1.82) is 0 Å². The first-order valence-corrected chi connectivity index (χ1v) is 10.2. The van der Waals surface area contributed by atoms with Crippen molar-refractivity contribution in [3.63, 3.8) is 0 Å². The average molecular weight is 389 g/mol. The van der Waals surface area contributed by atoms with Gasteiger partial charge in [0.1, 0.15) is 5.75 Å². The Morgan fingerprint density at radius 3 is 2.64 bits per heavy atom. The zero-order valence-electron chi connectivity index (χ0n) is 16.7. The quantitative estimate of drug-likeness (QED) is 0.643. The van der Waals surface area contributed by atoms with Crippen molar-refractivity contribution in [1.82, 2.24) is 5.32 Å². The van der Waals surface area contributed by atoms with Crippen molar-refractivity contribution < 1.29 is 24.1 Å². The minimum atomic E-state index is -0.518. The zero-order chi connectivity index (χ0) is 19.9. The van der Waals surface area contributed by atoms with Gasteiger partial charge in [0.2, 0.25) is 6.29 Å². The average Bonchev–Trinajstić information content (AvgIpc) is 3.55.